The van der Waals surface area contributed by atoms with Gasteiger partial charge < -0.3 is 0 Å². The predicted molar refractivity (Wildman–Crippen MR) is 100 cm³/mol. The number of fused-ring (bicyclic) bond motifs is 2. The largest absolute Gasteiger partial charge is 0.0587 e. The van der Waals surface area contributed by atoms with E-state index in [1.54, 1.807) is 0 Å². The van der Waals surface area contributed by atoms with Crippen LogP contribution in [0.4, 0.5) is 0 Å². The van der Waals surface area contributed by atoms with Gasteiger partial charge in [0.15, 0.2) is 0 Å². The van der Waals surface area contributed by atoms with Gasteiger partial charge in [-0.3, -0.25) is 0 Å². The average Bonchev–Trinajstić information content (AvgIpc) is 2.54. The highest BCUT2D eigenvalue weighted by atomic mass is 14.1. The van der Waals surface area contributed by atoms with Crippen molar-refractivity contribution in [3.8, 4) is 0 Å². The molecule has 0 aliphatic carbocycles. The van der Waals surface area contributed by atoms with Gasteiger partial charge in [-0.15, -0.1) is 0 Å². The highest BCUT2D eigenvalue weighted by Crippen LogP contribution is 2.22. The Morgan fingerprint density at radius 3 is 1.39 bits per heavy atom. The van der Waals surface area contributed by atoms with Crippen LogP contribution in [0, 0.1) is 13.8 Å². The van der Waals surface area contributed by atoms with Crippen molar-refractivity contribution in [1.29, 1.82) is 0 Å². The fraction of sp³-hybridized carbons (Fsp3) is 0.130. The smallest absolute Gasteiger partial charge is 0.00253 e. The maximum absolute atomic E-state index is 2.32. The molecule has 4 aromatic rings. The number of hydrogen-bond acceptors (Lipinski definition) is 0. The van der Waals surface area contributed by atoms with E-state index in [-0.39, 0.29) is 0 Å². The molecule has 0 aromatic heterocycles. The summed E-state index contributed by atoms with van der Waals surface area (Å²) < 4.78 is 0. The van der Waals surface area contributed by atoms with Crippen LogP contribution in [0.3, 0.4) is 0 Å². The standard InChI is InChI=1S/C23H20/c1-16-3-7-20-9-5-18(14-22(20)11-16)13-19-6-10-21-8-4-17(2)12-23(21)15-19/h3-12,14-15H,13H2,1-2H3. The van der Waals surface area contributed by atoms with Gasteiger partial charge in [0, 0.05) is 0 Å². The average molecular weight is 296 g/mol. The molecule has 0 nitrogen and oxygen atoms in total. The van der Waals surface area contributed by atoms with Crippen molar-refractivity contribution in [2.24, 2.45) is 0 Å². The second-order valence-electron chi connectivity index (χ2n) is 6.55. The van der Waals surface area contributed by atoms with Gasteiger partial charge >= 0.3 is 0 Å². The lowest BCUT2D eigenvalue weighted by Gasteiger charge is -2.07. The Hall–Kier alpha value is -2.60. The van der Waals surface area contributed by atoms with Crippen molar-refractivity contribution >= 4 is 21.5 Å². The van der Waals surface area contributed by atoms with Crippen LogP contribution in [-0.2, 0) is 6.42 Å². The summed E-state index contributed by atoms with van der Waals surface area (Å²) in [6.45, 7) is 4.30. The van der Waals surface area contributed by atoms with E-state index in [1.807, 2.05) is 0 Å². The molecule has 4 aromatic carbocycles. The van der Waals surface area contributed by atoms with Gasteiger partial charge in [0.25, 0.3) is 0 Å². The molecule has 0 radical (unpaired) electrons. The van der Waals surface area contributed by atoms with Crippen LogP contribution >= 0.6 is 0 Å². The molecule has 0 saturated heterocycles. The van der Waals surface area contributed by atoms with Crippen molar-refractivity contribution in [2.45, 2.75) is 20.3 Å². The molecule has 0 spiro atoms. The Kier molecular flexibility index (Phi) is 3.38. The fourth-order valence-electron chi connectivity index (χ4n) is 3.29. The first-order chi connectivity index (χ1) is 11.2. The molecule has 0 atom stereocenters. The van der Waals surface area contributed by atoms with Gasteiger partial charge in [0.05, 0.1) is 0 Å². The predicted octanol–water partition coefficient (Wildman–Crippen LogP) is 6.20. The first-order valence-corrected chi connectivity index (χ1v) is 8.16. The normalized spacial score (nSPS) is 11.2. The minimum atomic E-state index is 0.980. The lowest BCUT2D eigenvalue weighted by atomic mass is 9.98. The third kappa shape index (κ3) is 2.85. The zero-order chi connectivity index (χ0) is 15.8. The Labute approximate surface area is 137 Å². The summed E-state index contributed by atoms with van der Waals surface area (Å²) in [5.41, 5.74) is 5.37. The number of rotatable bonds is 2. The topological polar surface area (TPSA) is 0 Å². The van der Waals surface area contributed by atoms with Crippen LogP contribution in [0.5, 0.6) is 0 Å². The molecule has 0 heterocycles. The maximum Gasteiger partial charge on any atom is -0.00253 e. The molecule has 0 bridgehead atoms. The van der Waals surface area contributed by atoms with Gasteiger partial charge in [-0.1, -0.05) is 83.9 Å². The van der Waals surface area contributed by atoms with E-state index in [0.29, 0.717) is 0 Å². The van der Waals surface area contributed by atoms with Gasteiger partial charge in [0.2, 0.25) is 0 Å². The van der Waals surface area contributed by atoms with Crippen molar-refractivity contribution < 1.29 is 0 Å². The Balaban J connectivity index is 1.72. The summed E-state index contributed by atoms with van der Waals surface area (Å²) in [4.78, 5) is 0. The molecule has 0 saturated carbocycles. The molecule has 4 rings (SSSR count). The zero-order valence-electron chi connectivity index (χ0n) is 13.6. The van der Waals surface area contributed by atoms with Crippen molar-refractivity contribution in [3.63, 3.8) is 0 Å². The van der Waals surface area contributed by atoms with Crippen LogP contribution in [0.25, 0.3) is 21.5 Å². The van der Waals surface area contributed by atoms with Crippen molar-refractivity contribution in [2.75, 3.05) is 0 Å². The summed E-state index contributed by atoms with van der Waals surface area (Å²) >= 11 is 0. The monoisotopic (exact) mass is 296 g/mol. The van der Waals surface area contributed by atoms with E-state index < -0.39 is 0 Å². The summed E-state index contributed by atoms with van der Waals surface area (Å²) in [7, 11) is 0. The van der Waals surface area contributed by atoms with E-state index in [0.717, 1.165) is 6.42 Å². The van der Waals surface area contributed by atoms with E-state index in [2.05, 4.69) is 86.6 Å². The lowest BCUT2D eigenvalue weighted by molar-refractivity contribution is 1.21. The van der Waals surface area contributed by atoms with Crippen LogP contribution in [-0.4, -0.2) is 0 Å². The Morgan fingerprint density at radius 2 is 0.913 bits per heavy atom. The van der Waals surface area contributed by atoms with Gasteiger partial charge in [0.1, 0.15) is 0 Å². The van der Waals surface area contributed by atoms with Crippen LogP contribution in [0.1, 0.15) is 22.3 Å². The minimum absolute atomic E-state index is 0.980. The second kappa shape index (κ2) is 5.55. The number of hydrogen-bond donors (Lipinski definition) is 0. The molecule has 23 heavy (non-hydrogen) atoms. The Bertz CT molecular complexity index is 926. The molecule has 0 unspecified atom stereocenters. The van der Waals surface area contributed by atoms with Gasteiger partial charge in [-0.2, -0.15) is 0 Å². The highest BCUT2D eigenvalue weighted by Gasteiger charge is 2.01. The van der Waals surface area contributed by atoms with E-state index >= 15 is 0 Å². The zero-order valence-corrected chi connectivity index (χ0v) is 13.6. The molecule has 0 N–H and O–H groups in total. The summed E-state index contributed by atoms with van der Waals surface area (Å²) in [5, 5.41) is 5.29. The minimum Gasteiger partial charge on any atom is -0.0587 e. The van der Waals surface area contributed by atoms with Crippen LogP contribution < -0.4 is 0 Å². The van der Waals surface area contributed by atoms with Crippen molar-refractivity contribution in [3.05, 3.63) is 95.1 Å². The van der Waals surface area contributed by atoms with Gasteiger partial charge in [-0.05, 0) is 52.9 Å². The van der Waals surface area contributed by atoms with E-state index in [4.69, 9.17) is 0 Å². The van der Waals surface area contributed by atoms with Crippen LogP contribution in [0.2, 0.25) is 0 Å². The molecule has 0 aliphatic rings. The summed E-state index contributed by atoms with van der Waals surface area (Å²) in [5.74, 6) is 0. The molecule has 0 amide bonds. The lowest BCUT2D eigenvalue weighted by Crippen LogP contribution is -1.89. The fourth-order valence-corrected chi connectivity index (χ4v) is 3.29. The molecule has 112 valence electrons. The van der Waals surface area contributed by atoms with Crippen molar-refractivity contribution in [1.82, 2.24) is 0 Å². The van der Waals surface area contributed by atoms with E-state index in [1.165, 1.54) is 43.8 Å². The molecular formula is C23H20. The first-order valence-electron chi connectivity index (χ1n) is 8.16. The molecule has 0 heteroatoms. The SMILES string of the molecule is Cc1ccc2ccc(Cc3ccc4ccc(C)cc4c3)cc2c1. The molecular weight excluding hydrogens is 276 g/mol. The molecule has 0 aliphatic heterocycles. The Morgan fingerprint density at radius 1 is 0.478 bits per heavy atom. The quantitative estimate of drug-likeness (QED) is 0.413. The van der Waals surface area contributed by atoms with Crippen LogP contribution in [0.15, 0.2) is 72.8 Å². The first kappa shape index (κ1) is 14.0. The summed E-state index contributed by atoms with van der Waals surface area (Å²) in [6, 6.07) is 26.9. The highest BCUT2D eigenvalue weighted by molar-refractivity contribution is 5.85. The number of benzene rings is 4. The maximum atomic E-state index is 2.32. The molecule has 0 fully saturated rings. The third-order valence-electron chi connectivity index (χ3n) is 4.53. The number of aryl methyl sites for hydroxylation is 2. The second-order valence-corrected chi connectivity index (χ2v) is 6.55. The van der Waals surface area contributed by atoms with E-state index in [9.17, 15) is 0 Å². The third-order valence-corrected chi connectivity index (χ3v) is 4.53. The summed E-state index contributed by atoms with van der Waals surface area (Å²) in [6.07, 6.45) is 0.980. The van der Waals surface area contributed by atoms with Gasteiger partial charge in [-0.25, -0.2) is 0 Å².